The van der Waals surface area contributed by atoms with Crippen molar-refractivity contribution in [3.05, 3.63) is 109 Å². The zero-order chi connectivity index (χ0) is 16.9. The van der Waals surface area contributed by atoms with Crippen LogP contribution in [0.5, 0.6) is 0 Å². The largest absolute Gasteiger partial charge is 0.192 e. The molecule has 0 fully saturated rings. The summed E-state index contributed by atoms with van der Waals surface area (Å²) in [5.41, 5.74) is 7.75. The molecule has 0 unspecified atom stereocenters. The van der Waals surface area contributed by atoms with E-state index in [1.807, 2.05) is 0 Å². The molecule has 0 heterocycles. The Hall–Kier alpha value is -3.06. The lowest BCUT2D eigenvalue weighted by atomic mass is 9.63. The third-order valence-electron chi connectivity index (χ3n) is 4.50. The highest BCUT2D eigenvalue weighted by Gasteiger charge is 2.03. The Morgan fingerprint density at radius 2 is 0.880 bits per heavy atom. The molecule has 25 heavy (non-hydrogen) atoms. The Morgan fingerprint density at radius 1 is 0.360 bits per heavy atom. The minimum absolute atomic E-state index is 0.954. The molecule has 0 atom stereocenters. The molecule has 4 aromatic rings. The van der Waals surface area contributed by atoms with Gasteiger partial charge in [0.1, 0.15) is 0 Å². The van der Waals surface area contributed by atoms with Crippen molar-refractivity contribution in [3.8, 4) is 22.3 Å². The molecule has 118 valence electrons. The van der Waals surface area contributed by atoms with Crippen LogP contribution in [0.3, 0.4) is 0 Å². The van der Waals surface area contributed by atoms with Crippen LogP contribution < -0.4 is 10.9 Å². The first-order chi connectivity index (χ1) is 12.4. The standard InChI is InChI=1S/C24H19B/c1-3-8-19(9-4-1)21-14-16-23(17-15-21)25-24-13-7-12-22(18-24)20-10-5-2-6-11-20/h1-18,25H. The normalized spacial score (nSPS) is 10.4. The van der Waals surface area contributed by atoms with Crippen LogP contribution in [0.4, 0.5) is 0 Å². The van der Waals surface area contributed by atoms with Crippen molar-refractivity contribution in [2.24, 2.45) is 0 Å². The van der Waals surface area contributed by atoms with Crippen molar-refractivity contribution in [1.82, 2.24) is 0 Å². The summed E-state index contributed by atoms with van der Waals surface area (Å²) in [5, 5.41) is 0. The van der Waals surface area contributed by atoms with Crippen molar-refractivity contribution < 1.29 is 0 Å². The molecule has 0 radical (unpaired) electrons. The maximum absolute atomic E-state index is 2.29. The second-order valence-corrected chi connectivity index (χ2v) is 6.31. The van der Waals surface area contributed by atoms with Crippen LogP contribution in [0.2, 0.25) is 0 Å². The molecule has 0 bridgehead atoms. The van der Waals surface area contributed by atoms with Crippen LogP contribution in [-0.2, 0) is 0 Å². The maximum Gasteiger partial charge on any atom is 0.192 e. The second kappa shape index (κ2) is 7.23. The van der Waals surface area contributed by atoms with Gasteiger partial charge in [-0.25, -0.2) is 0 Å². The Labute approximate surface area is 150 Å². The minimum Gasteiger partial charge on any atom is -0.0785 e. The van der Waals surface area contributed by atoms with Gasteiger partial charge >= 0.3 is 0 Å². The van der Waals surface area contributed by atoms with Gasteiger partial charge in [-0.1, -0.05) is 120 Å². The fraction of sp³-hybridized carbons (Fsp3) is 0. The van der Waals surface area contributed by atoms with E-state index in [9.17, 15) is 0 Å². The molecule has 0 saturated heterocycles. The third kappa shape index (κ3) is 3.72. The van der Waals surface area contributed by atoms with Crippen molar-refractivity contribution in [2.45, 2.75) is 0 Å². The second-order valence-electron chi connectivity index (χ2n) is 6.31. The predicted octanol–water partition coefficient (Wildman–Crippen LogP) is 4.41. The smallest absolute Gasteiger partial charge is 0.0785 e. The van der Waals surface area contributed by atoms with Crippen LogP contribution in [0, 0.1) is 0 Å². The van der Waals surface area contributed by atoms with E-state index in [-0.39, 0.29) is 0 Å². The summed E-state index contributed by atoms with van der Waals surface area (Å²) in [5.74, 6) is 0. The van der Waals surface area contributed by atoms with Crippen molar-refractivity contribution in [1.29, 1.82) is 0 Å². The fourth-order valence-electron chi connectivity index (χ4n) is 3.17. The molecule has 0 aliphatic heterocycles. The molecule has 0 N–H and O–H groups in total. The van der Waals surface area contributed by atoms with Crippen LogP contribution in [0.15, 0.2) is 109 Å². The van der Waals surface area contributed by atoms with Crippen molar-refractivity contribution >= 4 is 18.2 Å². The van der Waals surface area contributed by atoms with Gasteiger partial charge in [0.2, 0.25) is 0 Å². The van der Waals surface area contributed by atoms with Gasteiger partial charge in [0.15, 0.2) is 7.28 Å². The molecule has 0 aliphatic carbocycles. The van der Waals surface area contributed by atoms with E-state index in [1.165, 1.54) is 33.2 Å². The quantitative estimate of drug-likeness (QED) is 0.489. The van der Waals surface area contributed by atoms with Gasteiger partial charge in [-0.05, 0) is 22.3 Å². The third-order valence-corrected chi connectivity index (χ3v) is 4.50. The zero-order valence-electron chi connectivity index (χ0n) is 14.1. The van der Waals surface area contributed by atoms with Gasteiger partial charge in [0, 0.05) is 0 Å². The summed E-state index contributed by atoms with van der Waals surface area (Å²) < 4.78 is 0. The molecule has 0 amide bonds. The van der Waals surface area contributed by atoms with Gasteiger partial charge in [0.25, 0.3) is 0 Å². The van der Waals surface area contributed by atoms with Gasteiger partial charge in [-0.3, -0.25) is 0 Å². The molecular weight excluding hydrogens is 299 g/mol. The molecule has 0 spiro atoms. The highest BCUT2D eigenvalue weighted by atomic mass is 14.0. The first kappa shape index (κ1) is 15.5. The first-order valence-corrected chi connectivity index (χ1v) is 8.67. The van der Waals surface area contributed by atoms with E-state index in [0.29, 0.717) is 0 Å². The molecular formula is C24H19B. The average molecular weight is 318 g/mol. The summed E-state index contributed by atoms with van der Waals surface area (Å²) in [7, 11) is 0.954. The van der Waals surface area contributed by atoms with Crippen LogP contribution >= 0.6 is 0 Å². The maximum atomic E-state index is 2.29. The summed E-state index contributed by atoms with van der Waals surface area (Å²) in [6, 6.07) is 38.8. The zero-order valence-corrected chi connectivity index (χ0v) is 14.1. The molecule has 4 aromatic carbocycles. The van der Waals surface area contributed by atoms with E-state index in [0.717, 1.165) is 7.28 Å². The molecule has 0 aromatic heterocycles. The minimum atomic E-state index is 0.954. The number of rotatable bonds is 4. The topological polar surface area (TPSA) is 0 Å². The molecule has 0 nitrogen and oxygen atoms in total. The van der Waals surface area contributed by atoms with E-state index in [2.05, 4.69) is 109 Å². The van der Waals surface area contributed by atoms with Crippen LogP contribution in [0.1, 0.15) is 0 Å². The number of benzene rings is 4. The Kier molecular flexibility index (Phi) is 4.47. The number of hydrogen-bond acceptors (Lipinski definition) is 0. The number of hydrogen-bond donors (Lipinski definition) is 0. The molecule has 1 heteroatoms. The average Bonchev–Trinajstić information content (AvgIpc) is 2.70. The van der Waals surface area contributed by atoms with Gasteiger partial charge < -0.3 is 0 Å². The van der Waals surface area contributed by atoms with Crippen LogP contribution in [0.25, 0.3) is 22.3 Å². The highest BCUT2D eigenvalue weighted by Crippen LogP contribution is 2.18. The summed E-state index contributed by atoms with van der Waals surface area (Å²) in [4.78, 5) is 0. The van der Waals surface area contributed by atoms with Crippen molar-refractivity contribution in [3.63, 3.8) is 0 Å². The summed E-state index contributed by atoms with van der Waals surface area (Å²) >= 11 is 0. The predicted molar refractivity (Wildman–Crippen MR) is 110 cm³/mol. The van der Waals surface area contributed by atoms with Crippen LogP contribution in [-0.4, -0.2) is 7.28 Å². The monoisotopic (exact) mass is 318 g/mol. The fourth-order valence-corrected chi connectivity index (χ4v) is 3.17. The lowest BCUT2D eigenvalue weighted by Gasteiger charge is -2.06. The van der Waals surface area contributed by atoms with E-state index in [4.69, 9.17) is 0 Å². The van der Waals surface area contributed by atoms with E-state index < -0.39 is 0 Å². The Morgan fingerprint density at radius 3 is 1.52 bits per heavy atom. The lowest BCUT2D eigenvalue weighted by Crippen LogP contribution is -2.26. The summed E-state index contributed by atoms with van der Waals surface area (Å²) in [6.45, 7) is 0. The SMILES string of the molecule is B(c1ccc(-c2ccccc2)cc1)c1cccc(-c2ccccc2)c1. The molecule has 0 saturated carbocycles. The van der Waals surface area contributed by atoms with E-state index >= 15 is 0 Å². The molecule has 4 rings (SSSR count). The van der Waals surface area contributed by atoms with Gasteiger partial charge in [-0.2, -0.15) is 0 Å². The Bertz CT molecular complexity index is 942. The first-order valence-electron chi connectivity index (χ1n) is 8.67. The summed E-state index contributed by atoms with van der Waals surface area (Å²) in [6.07, 6.45) is 0. The highest BCUT2D eigenvalue weighted by molar-refractivity contribution is 6.67. The van der Waals surface area contributed by atoms with Gasteiger partial charge in [-0.15, -0.1) is 0 Å². The van der Waals surface area contributed by atoms with E-state index in [1.54, 1.807) is 0 Å². The Balaban J connectivity index is 1.55. The van der Waals surface area contributed by atoms with Gasteiger partial charge in [0.05, 0.1) is 0 Å². The lowest BCUT2D eigenvalue weighted by molar-refractivity contribution is 1.63. The van der Waals surface area contributed by atoms with Crippen molar-refractivity contribution in [2.75, 3.05) is 0 Å². The molecule has 0 aliphatic rings.